The minimum atomic E-state index is -0.270. The quantitative estimate of drug-likeness (QED) is 0.836. The molecule has 20 heavy (non-hydrogen) atoms. The third kappa shape index (κ3) is 2.87. The van der Waals surface area contributed by atoms with Crippen molar-refractivity contribution in [2.75, 3.05) is 18.2 Å². The van der Waals surface area contributed by atoms with Crippen molar-refractivity contribution in [2.24, 2.45) is 0 Å². The number of nitrogens with zero attached hydrogens (tertiary/aromatic N) is 1. The molecular weight excluding hydrogens is 254 g/mol. The molecule has 0 radical (unpaired) electrons. The lowest BCUT2D eigenvalue weighted by molar-refractivity contribution is 0.102. The van der Waals surface area contributed by atoms with Gasteiger partial charge in [-0.3, -0.25) is 4.79 Å². The number of nitrogens with two attached hydrogens (primary N) is 1. The van der Waals surface area contributed by atoms with Crippen molar-refractivity contribution >= 4 is 17.3 Å². The van der Waals surface area contributed by atoms with Crippen molar-refractivity contribution in [1.29, 1.82) is 5.26 Å². The smallest absolute Gasteiger partial charge is 0.255 e. The van der Waals surface area contributed by atoms with E-state index in [0.29, 0.717) is 28.3 Å². The Bertz CT molecular complexity index is 673. The van der Waals surface area contributed by atoms with Crippen LogP contribution in [0.4, 0.5) is 11.4 Å². The van der Waals surface area contributed by atoms with Crippen molar-refractivity contribution in [3.63, 3.8) is 0 Å². The van der Waals surface area contributed by atoms with Crippen LogP contribution in [0, 0.1) is 11.3 Å². The first kappa shape index (κ1) is 13.4. The van der Waals surface area contributed by atoms with Crippen LogP contribution in [-0.4, -0.2) is 13.0 Å². The van der Waals surface area contributed by atoms with Crippen molar-refractivity contribution in [1.82, 2.24) is 0 Å². The second-order valence-corrected chi connectivity index (χ2v) is 4.10. The van der Waals surface area contributed by atoms with Crippen molar-refractivity contribution in [3.05, 3.63) is 53.6 Å². The Morgan fingerprint density at radius 1 is 1.25 bits per heavy atom. The highest BCUT2D eigenvalue weighted by molar-refractivity contribution is 6.04. The summed E-state index contributed by atoms with van der Waals surface area (Å²) in [5.74, 6) is 0.186. The number of ether oxygens (including phenoxy) is 1. The Morgan fingerprint density at radius 3 is 2.55 bits per heavy atom. The second-order valence-electron chi connectivity index (χ2n) is 4.10. The first-order valence-electron chi connectivity index (χ1n) is 5.89. The van der Waals surface area contributed by atoms with Gasteiger partial charge in [0.1, 0.15) is 5.75 Å². The summed E-state index contributed by atoms with van der Waals surface area (Å²) in [5, 5.41) is 11.4. The van der Waals surface area contributed by atoms with Crippen LogP contribution < -0.4 is 15.8 Å². The molecule has 0 aromatic heterocycles. The van der Waals surface area contributed by atoms with Crippen LogP contribution in [0.1, 0.15) is 15.9 Å². The van der Waals surface area contributed by atoms with Crippen LogP contribution in [0.25, 0.3) is 0 Å². The second kappa shape index (κ2) is 5.76. The van der Waals surface area contributed by atoms with Gasteiger partial charge in [-0.2, -0.15) is 5.26 Å². The zero-order chi connectivity index (χ0) is 14.5. The fourth-order valence-electron chi connectivity index (χ4n) is 1.68. The van der Waals surface area contributed by atoms with E-state index in [-0.39, 0.29) is 5.91 Å². The number of carbonyl (C=O) groups is 1. The van der Waals surface area contributed by atoms with Gasteiger partial charge in [-0.05, 0) is 42.5 Å². The summed E-state index contributed by atoms with van der Waals surface area (Å²) < 4.78 is 5.08. The van der Waals surface area contributed by atoms with Gasteiger partial charge in [-0.25, -0.2) is 0 Å². The lowest BCUT2D eigenvalue weighted by atomic mass is 10.1. The van der Waals surface area contributed by atoms with Gasteiger partial charge >= 0.3 is 0 Å². The van der Waals surface area contributed by atoms with Gasteiger partial charge in [0.2, 0.25) is 0 Å². The Balaban J connectivity index is 2.17. The number of hydrogen-bond acceptors (Lipinski definition) is 4. The number of nitriles is 1. The maximum absolute atomic E-state index is 12.1. The number of anilines is 2. The standard InChI is InChI=1S/C15H13N3O2/c1-20-14-8-11(4-7-13(14)17)15(19)18-12-5-2-10(9-16)3-6-12/h2-8H,17H2,1H3,(H,18,19). The maximum Gasteiger partial charge on any atom is 0.255 e. The van der Waals surface area contributed by atoms with E-state index in [1.54, 1.807) is 42.5 Å². The predicted octanol–water partition coefficient (Wildman–Crippen LogP) is 2.40. The van der Waals surface area contributed by atoms with Gasteiger partial charge in [-0.1, -0.05) is 0 Å². The fraction of sp³-hybridized carbons (Fsp3) is 0.0667. The number of nitrogens with one attached hydrogen (secondary N) is 1. The molecule has 2 aromatic carbocycles. The Morgan fingerprint density at radius 2 is 1.95 bits per heavy atom. The highest BCUT2D eigenvalue weighted by atomic mass is 16.5. The molecule has 0 aliphatic carbocycles. The lowest BCUT2D eigenvalue weighted by Gasteiger charge is -2.08. The topological polar surface area (TPSA) is 88.1 Å². The summed E-state index contributed by atoms with van der Waals surface area (Å²) in [4.78, 5) is 12.1. The minimum Gasteiger partial charge on any atom is -0.495 e. The van der Waals surface area contributed by atoms with Gasteiger partial charge in [0.05, 0.1) is 24.4 Å². The molecular formula is C15H13N3O2. The van der Waals surface area contributed by atoms with Crippen LogP contribution in [-0.2, 0) is 0 Å². The van der Waals surface area contributed by atoms with Gasteiger partial charge in [0.25, 0.3) is 5.91 Å². The Kier molecular flexibility index (Phi) is 3.87. The number of amides is 1. The molecule has 0 atom stereocenters. The normalized spacial score (nSPS) is 9.60. The molecule has 0 heterocycles. The number of hydrogen-bond donors (Lipinski definition) is 2. The van der Waals surface area contributed by atoms with E-state index in [4.69, 9.17) is 15.7 Å². The zero-order valence-corrected chi connectivity index (χ0v) is 10.9. The fourth-order valence-corrected chi connectivity index (χ4v) is 1.68. The highest BCUT2D eigenvalue weighted by Crippen LogP contribution is 2.22. The van der Waals surface area contributed by atoms with Crippen molar-refractivity contribution in [2.45, 2.75) is 0 Å². The molecule has 0 spiro atoms. The van der Waals surface area contributed by atoms with Gasteiger partial charge in [0.15, 0.2) is 0 Å². The number of rotatable bonds is 3. The largest absolute Gasteiger partial charge is 0.495 e. The van der Waals surface area contributed by atoms with Crippen molar-refractivity contribution < 1.29 is 9.53 Å². The summed E-state index contributed by atoms with van der Waals surface area (Å²) in [6, 6.07) is 13.5. The molecule has 0 saturated heterocycles. The molecule has 0 bridgehead atoms. The number of carbonyl (C=O) groups excluding carboxylic acids is 1. The molecule has 5 heteroatoms. The van der Waals surface area contributed by atoms with Gasteiger partial charge in [0, 0.05) is 11.3 Å². The van der Waals surface area contributed by atoms with E-state index >= 15 is 0 Å². The molecule has 100 valence electrons. The van der Waals surface area contributed by atoms with E-state index in [1.165, 1.54) is 7.11 Å². The third-order valence-corrected chi connectivity index (χ3v) is 2.77. The summed E-state index contributed by atoms with van der Waals surface area (Å²) >= 11 is 0. The monoisotopic (exact) mass is 267 g/mol. The maximum atomic E-state index is 12.1. The summed E-state index contributed by atoms with van der Waals surface area (Å²) in [5.41, 5.74) is 7.77. The summed E-state index contributed by atoms with van der Waals surface area (Å²) in [6.07, 6.45) is 0. The molecule has 3 N–H and O–H groups in total. The van der Waals surface area contributed by atoms with Crippen LogP contribution >= 0.6 is 0 Å². The van der Waals surface area contributed by atoms with Crippen LogP contribution in [0.2, 0.25) is 0 Å². The van der Waals surface area contributed by atoms with Crippen LogP contribution in [0.15, 0.2) is 42.5 Å². The average Bonchev–Trinajstić information content (AvgIpc) is 2.48. The van der Waals surface area contributed by atoms with E-state index in [0.717, 1.165) is 0 Å². The molecule has 2 aromatic rings. The lowest BCUT2D eigenvalue weighted by Crippen LogP contribution is -2.12. The molecule has 2 rings (SSSR count). The number of benzene rings is 2. The predicted molar refractivity (Wildman–Crippen MR) is 76.5 cm³/mol. The molecule has 1 amide bonds. The molecule has 0 aliphatic rings. The van der Waals surface area contributed by atoms with Gasteiger partial charge < -0.3 is 15.8 Å². The van der Waals surface area contributed by atoms with Crippen molar-refractivity contribution in [3.8, 4) is 11.8 Å². The Hall–Kier alpha value is -3.00. The number of nitrogen functional groups attached to an aromatic ring is 1. The van der Waals surface area contributed by atoms with Crippen LogP contribution in [0.5, 0.6) is 5.75 Å². The average molecular weight is 267 g/mol. The molecule has 0 fully saturated rings. The third-order valence-electron chi connectivity index (χ3n) is 2.77. The first-order chi connectivity index (χ1) is 9.63. The van der Waals surface area contributed by atoms with E-state index in [9.17, 15) is 4.79 Å². The zero-order valence-electron chi connectivity index (χ0n) is 10.9. The van der Waals surface area contributed by atoms with E-state index in [1.807, 2.05) is 6.07 Å². The van der Waals surface area contributed by atoms with E-state index in [2.05, 4.69) is 5.32 Å². The summed E-state index contributed by atoms with van der Waals surface area (Å²) in [7, 11) is 1.49. The Labute approximate surface area is 116 Å². The molecule has 0 saturated carbocycles. The first-order valence-corrected chi connectivity index (χ1v) is 5.89. The minimum absolute atomic E-state index is 0.270. The molecule has 5 nitrogen and oxygen atoms in total. The van der Waals surface area contributed by atoms with Crippen LogP contribution in [0.3, 0.4) is 0 Å². The molecule has 0 aliphatic heterocycles. The van der Waals surface area contributed by atoms with E-state index < -0.39 is 0 Å². The summed E-state index contributed by atoms with van der Waals surface area (Å²) in [6.45, 7) is 0. The SMILES string of the molecule is COc1cc(C(=O)Nc2ccc(C#N)cc2)ccc1N. The highest BCUT2D eigenvalue weighted by Gasteiger charge is 2.09. The van der Waals surface area contributed by atoms with Gasteiger partial charge in [-0.15, -0.1) is 0 Å². The number of methoxy groups -OCH3 is 1. The molecule has 0 unspecified atom stereocenters.